The fourth-order valence-electron chi connectivity index (χ4n) is 2.38. The summed E-state index contributed by atoms with van der Waals surface area (Å²) in [6, 6.07) is 7.70. The molecule has 116 valence electrons. The van der Waals surface area contributed by atoms with Crippen LogP contribution in [-0.4, -0.2) is 62.1 Å². The summed E-state index contributed by atoms with van der Waals surface area (Å²) in [6.07, 6.45) is 1.27. The highest BCUT2D eigenvalue weighted by atomic mass is 35.5. The van der Waals surface area contributed by atoms with Crippen LogP contribution in [-0.2, 0) is 16.0 Å². The van der Waals surface area contributed by atoms with Crippen molar-refractivity contribution in [2.24, 2.45) is 0 Å². The quantitative estimate of drug-likeness (QED) is 0.806. The van der Waals surface area contributed by atoms with Gasteiger partial charge in [-0.05, 0) is 24.1 Å². The minimum Gasteiger partial charge on any atom is -0.379 e. The van der Waals surface area contributed by atoms with E-state index in [1.54, 1.807) is 0 Å². The Hall–Kier alpha value is -1.10. The zero-order valence-corrected chi connectivity index (χ0v) is 13.3. The molecule has 0 bridgehead atoms. The molecule has 1 saturated heterocycles. The highest BCUT2D eigenvalue weighted by Crippen LogP contribution is 2.12. The zero-order valence-electron chi connectivity index (χ0n) is 12.6. The maximum absolute atomic E-state index is 12.1. The summed E-state index contributed by atoms with van der Waals surface area (Å²) < 4.78 is 5.32. The van der Waals surface area contributed by atoms with Gasteiger partial charge in [-0.1, -0.05) is 23.7 Å². The average Bonchev–Trinajstić information content (AvgIpc) is 2.51. The normalized spacial score (nSPS) is 15.9. The lowest BCUT2D eigenvalue weighted by Crippen LogP contribution is -2.41. The van der Waals surface area contributed by atoms with E-state index in [4.69, 9.17) is 16.3 Å². The lowest BCUT2D eigenvalue weighted by molar-refractivity contribution is -0.130. The Morgan fingerprint density at radius 1 is 1.38 bits per heavy atom. The Kier molecular flexibility index (Phi) is 6.49. The van der Waals surface area contributed by atoms with E-state index in [2.05, 4.69) is 4.90 Å². The van der Waals surface area contributed by atoms with E-state index in [-0.39, 0.29) is 5.91 Å². The number of likely N-dealkylation sites (N-methyl/N-ethyl adjacent to an activating group) is 1. The number of nitrogens with zero attached hydrogens (tertiary/aromatic N) is 2. The van der Waals surface area contributed by atoms with Crippen molar-refractivity contribution >= 4 is 17.5 Å². The molecule has 0 unspecified atom stereocenters. The molecule has 1 aromatic carbocycles. The molecule has 1 amide bonds. The molecule has 1 aliphatic rings. The van der Waals surface area contributed by atoms with Crippen molar-refractivity contribution in [1.29, 1.82) is 0 Å². The van der Waals surface area contributed by atoms with Gasteiger partial charge in [0.05, 0.1) is 13.2 Å². The van der Waals surface area contributed by atoms with Gasteiger partial charge in [0.25, 0.3) is 0 Å². The number of amides is 1. The summed E-state index contributed by atoms with van der Waals surface area (Å²) in [5.74, 6) is 0.184. The Morgan fingerprint density at radius 3 is 2.86 bits per heavy atom. The number of carbonyl (C=O) groups excluding carboxylic acids is 1. The van der Waals surface area contributed by atoms with Gasteiger partial charge in [-0.3, -0.25) is 9.69 Å². The van der Waals surface area contributed by atoms with E-state index in [0.29, 0.717) is 6.42 Å². The molecule has 1 aliphatic heterocycles. The second-order valence-corrected chi connectivity index (χ2v) is 5.84. The molecule has 2 rings (SSSR count). The third-order valence-electron chi connectivity index (χ3n) is 3.80. The monoisotopic (exact) mass is 310 g/mol. The average molecular weight is 311 g/mol. The molecule has 4 nitrogen and oxygen atoms in total. The molecular weight excluding hydrogens is 288 g/mol. The fourth-order valence-corrected chi connectivity index (χ4v) is 2.59. The first-order chi connectivity index (χ1) is 10.1. The van der Waals surface area contributed by atoms with Crippen molar-refractivity contribution in [3.8, 4) is 0 Å². The maximum atomic E-state index is 12.1. The summed E-state index contributed by atoms with van der Waals surface area (Å²) in [5, 5.41) is 0.723. The van der Waals surface area contributed by atoms with Gasteiger partial charge >= 0.3 is 0 Å². The van der Waals surface area contributed by atoms with Crippen molar-refractivity contribution < 1.29 is 9.53 Å². The van der Waals surface area contributed by atoms with E-state index in [1.807, 2.05) is 36.2 Å². The maximum Gasteiger partial charge on any atom is 0.222 e. The van der Waals surface area contributed by atoms with Gasteiger partial charge in [-0.2, -0.15) is 0 Å². The number of aryl methyl sites for hydroxylation is 1. The van der Waals surface area contributed by atoms with Gasteiger partial charge in [0.15, 0.2) is 0 Å². The first kappa shape index (κ1) is 16.3. The van der Waals surface area contributed by atoms with Crippen LogP contribution in [0.1, 0.15) is 12.0 Å². The molecular formula is C16H23ClN2O2. The summed E-state index contributed by atoms with van der Waals surface area (Å²) >= 11 is 5.95. The van der Waals surface area contributed by atoms with E-state index < -0.39 is 0 Å². The molecule has 0 aliphatic carbocycles. The van der Waals surface area contributed by atoms with Gasteiger partial charge in [0.1, 0.15) is 0 Å². The van der Waals surface area contributed by atoms with Gasteiger partial charge in [-0.25, -0.2) is 0 Å². The molecule has 0 N–H and O–H groups in total. The molecule has 1 heterocycles. The standard InChI is InChI=1S/C16H23ClN2O2/c1-18(7-8-19-9-11-21-12-10-19)16(20)6-5-14-3-2-4-15(17)13-14/h2-4,13H,5-12H2,1H3. The first-order valence-electron chi connectivity index (χ1n) is 7.43. The second-order valence-electron chi connectivity index (χ2n) is 5.40. The summed E-state index contributed by atoms with van der Waals surface area (Å²) in [5.41, 5.74) is 1.11. The molecule has 1 fully saturated rings. The molecule has 0 atom stereocenters. The van der Waals surface area contributed by atoms with Crippen LogP contribution in [0, 0.1) is 0 Å². The zero-order chi connectivity index (χ0) is 15.1. The minimum absolute atomic E-state index is 0.184. The van der Waals surface area contributed by atoms with Gasteiger partial charge in [0.2, 0.25) is 5.91 Å². The molecule has 0 saturated carbocycles. The second kappa shape index (κ2) is 8.37. The van der Waals surface area contributed by atoms with Gasteiger partial charge < -0.3 is 9.64 Å². The van der Waals surface area contributed by atoms with Crippen LogP contribution in [0.25, 0.3) is 0 Å². The lowest BCUT2D eigenvalue weighted by Gasteiger charge is -2.28. The molecule has 5 heteroatoms. The van der Waals surface area contributed by atoms with Crippen LogP contribution in [0.2, 0.25) is 5.02 Å². The van der Waals surface area contributed by atoms with E-state index in [1.165, 1.54) is 0 Å². The Labute approximate surface area is 131 Å². The Bertz CT molecular complexity index is 461. The number of ether oxygens (including phenoxy) is 1. The summed E-state index contributed by atoms with van der Waals surface area (Å²) in [4.78, 5) is 16.3. The van der Waals surface area contributed by atoms with Crippen molar-refractivity contribution in [1.82, 2.24) is 9.80 Å². The number of morpholine rings is 1. The van der Waals surface area contributed by atoms with E-state index in [9.17, 15) is 4.79 Å². The third-order valence-corrected chi connectivity index (χ3v) is 4.03. The number of benzene rings is 1. The van der Waals surface area contributed by atoms with Crippen molar-refractivity contribution in [3.63, 3.8) is 0 Å². The Balaban J connectivity index is 1.69. The molecule has 0 spiro atoms. The third kappa shape index (κ3) is 5.65. The number of hydrogen-bond acceptors (Lipinski definition) is 3. The highest BCUT2D eigenvalue weighted by molar-refractivity contribution is 6.30. The molecule has 0 aromatic heterocycles. The van der Waals surface area contributed by atoms with Crippen LogP contribution in [0.15, 0.2) is 24.3 Å². The number of halogens is 1. The SMILES string of the molecule is CN(CCN1CCOCC1)C(=O)CCc1cccc(Cl)c1. The Morgan fingerprint density at radius 2 is 2.14 bits per heavy atom. The van der Waals surface area contributed by atoms with Crippen LogP contribution in [0.5, 0.6) is 0 Å². The molecule has 1 aromatic rings. The minimum atomic E-state index is 0.184. The predicted octanol–water partition coefficient (Wildman–Crippen LogP) is 2.06. The van der Waals surface area contributed by atoms with E-state index in [0.717, 1.165) is 56.4 Å². The van der Waals surface area contributed by atoms with Crippen molar-refractivity contribution in [2.75, 3.05) is 46.4 Å². The summed E-state index contributed by atoms with van der Waals surface area (Å²) in [6.45, 7) is 5.21. The molecule has 21 heavy (non-hydrogen) atoms. The van der Waals surface area contributed by atoms with Crippen LogP contribution in [0.4, 0.5) is 0 Å². The first-order valence-corrected chi connectivity index (χ1v) is 7.81. The smallest absolute Gasteiger partial charge is 0.222 e. The topological polar surface area (TPSA) is 32.8 Å². The van der Waals surface area contributed by atoms with Crippen molar-refractivity contribution in [2.45, 2.75) is 12.8 Å². The number of rotatable bonds is 6. The van der Waals surface area contributed by atoms with Crippen molar-refractivity contribution in [3.05, 3.63) is 34.9 Å². The van der Waals surface area contributed by atoms with Crippen LogP contribution < -0.4 is 0 Å². The molecule has 0 radical (unpaired) electrons. The number of hydrogen-bond donors (Lipinski definition) is 0. The van der Waals surface area contributed by atoms with E-state index >= 15 is 0 Å². The highest BCUT2D eigenvalue weighted by Gasteiger charge is 2.13. The predicted molar refractivity (Wildman–Crippen MR) is 84.7 cm³/mol. The van der Waals surface area contributed by atoms with Crippen LogP contribution >= 0.6 is 11.6 Å². The fraction of sp³-hybridized carbons (Fsp3) is 0.562. The van der Waals surface area contributed by atoms with Gasteiger partial charge in [0, 0.05) is 44.7 Å². The van der Waals surface area contributed by atoms with Crippen LogP contribution in [0.3, 0.4) is 0 Å². The summed E-state index contributed by atoms with van der Waals surface area (Å²) in [7, 11) is 1.88. The lowest BCUT2D eigenvalue weighted by atomic mass is 10.1. The van der Waals surface area contributed by atoms with Gasteiger partial charge in [-0.15, -0.1) is 0 Å². The number of carbonyl (C=O) groups is 1. The largest absolute Gasteiger partial charge is 0.379 e.